The maximum atomic E-state index is 11.6. The molecular weight excluding hydrogens is 208 g/mol. The van der Waals surface area contributed by atoms with Crippen molar-refractivity contribution >= 4 is 11.9 Å². The van der Waals surface area contributed by atoms with Crippen LogP contribution in [0.3, 0.4) is 0 Å². The van der Waals surface area contributed by atoms with E-state index in [1.54, 1.807) is 0 Å². The Morgan fingerprint density at radius 1 is 1.56 bits per heavy atom. The minimum atomic E-state index is -0.644. The molecule has 4 heteroatoms. The van der Waals surface area contributed by atoms with E-state index in [-0.39, 0.29) is 29.9 Å². The summed E-state index contributed by atoms with van der Waals surface area (Å²) in [6, 6.07) is 0. The molecule has 2 rings (SSSR count). The minimum absolute atomic E-state index is 0.0118. The third kappa shape index (κ3) is 1.93. The molecule has 2 fully saturated rings. The maximum absolute atomic E-state index is 11.6. The van der Waals surface area contributed by atoms with Crippen LogP contribution in [0.25, 0.3) is 0 Å². The molecule has 1 saturated heterocycles. The Hall–Kier alpha value is -1.06. The standard InChI is InChI=1S/C12H18O4/c1-3-7(2)11(13)16-10-8-5-4-6-9(8)15-12(10)14/h7-10H,3-6H2,1-2H3. The van der Waals surface area contributed by atoms with Crippen LogP contribution in [0.15, 0.2) is 0 Å². The molecular formula is C12H18O4. The second kappa shape index (κ2) is 4.44. The Labute approximate surface area is 95.3 Å². The van der Waals surface area contributed by atoms with Gasteiger partial charge in [-0.25, -0.2) is 4.79 Å². The second-order valence-corrected chi connectivity index (χ2v) is 4.74. The lowest BCUT2D eigenvalue weighted by Gasteiger charge is -2.16. The summed E-state index contributed by atoms with van der Waals surface area (Å²) < 4.78 is 10.5. The first kappa shape index (κ1) is 11.4. The lowest BCUT2D eigenvalue weighted by atomic mass is 10.0. The average Bonchev–Trinajstić information content (AvgIpc) is 2.81. The summed E-state index contributed by atoms with van der Waals surface area (Å²) >= 11 is 0. The van der Waals surface area contributed by atoms with E-state index in [1.165, 1.54) is 0 Å². The molecule has 0 bridgehead atoms. The monoisotopic (exact) mass is 226 g/mol. The van der Waals surface area contributed by atoms with E-state index in [2.05, 4.69) is 0 Å². The van der Waals surface area contributed by atoms with E-state index in [0.29, 0.717) is 0 Å². The van der Waals surface area contributed by atoms with Crippen molar-refractivity contribution in [2.24, 2.45) is 11.8 Å². The van der Waals surface area contributed by atoms with E-state index in [9.17, 15) is 9.59 Å². The molecule has 0 N–H and O–H groups in total. The lowest BCUT2D eigenvalue weighted by molar-refractivity contribution is -0.165. The summed E-state index contributed by atoms with van der Waals surface area (Å²) in [5.41, 5.74) is 0. The normalized spacial score (nSPS) is 34.4. The SMILES string of the molecule is CCC(C)C(=O)OC1C(=O)OC2CCCC21. The van der Waals surface area contributed by atoms with Gasteiger partial charge in [0, 0.05) is 5.92 Å². The van der Waals surface area contributed by atoms with Gasteiger partial charge in [0.25, 0.3) is 0 Å². The van der Waals surface area contributed by atoms with Gasteiger partial charge in [0.15, 0.2) is 0 Å². The third-order valence-electron chi connectivity index (χ3n) is 3.65. The number of hydrogen-bond acceptors (Lipinski definition) is 4. The molecule has 2 aliphatic rings. The summed E-state index contributed by atoms with van der Waals surface area (Å²) in [7, 11) is 0. The highest BCUT2D eigenvalue weighted by molar-refractivity contribution is 5.82. The van der Waals surface area contributed by atoms with Crippen molar-refractivity contribution in [1.29, 1.82) is 0 Å². The Morgan fingerprint density at radius 2 is 2.31 bits per heavy atom. The van der Waals surface area contributed by atoms with Crippen molar-refractivity contribution in [3.8, 4) is 0 Å². The fraction of sp³-hybridized carbons (Fsp3) is 0.833. The largest absolute Gasteiger partial charge is 0.459 e. The Morgan fingerprint density at radius 3 is 3.00 bits per heavy atom. The molecule has 1 aliphatic heterocycles. The topological polar surface area (TPSA) is 52.6 Å². The molecule has 16 heavy (non-hydrogen) atoms. The first-order valence-corrected chi connectivity index (χ1v) is 6.04. The zero-order chi connectivity index (χ0) is 11.7. The second-order valence-electron chi connectivity index (χ2n) is 4.74. The fourth-order valence-corrected chi connectivity index (χ4v) is 2.38. The number of ether oxygens (including phenoxy) is 2. The molecule has 1 saturated carbocycles. The molecule has 0 amide bonds. The molecule has 0 radical (unpaired) electrons. The van der Waals surface area contributed by atoms with Gasteiger partial charge in [0.1, 0.15) is 6.10 Å². The highest BCUT2D eigenvalue weighted by Gasteiger charge is 2.49. The maximum Gasteiger partial charge on any atom is 0.348 e. The van der Waals surface area contributed by atoms with Gasteiger partial charge in [-0.3, -0.25) is 4.79 Å². The summed E-state index contributed by atoms with van der Waals surface area (Å²) in [6.07, 6.45) is 2.97. The van der Waals surface area contributed by atoms with E-state index >= 15 is 0 Å². The van der Waals surface area contributed by atoms with E-state index in [0.717, 1.165) is 25.7 Å². The predicted octanol–water partition coefficient (Wildman–Crippen LogP) is 1.67. The highest BCUT2D eigenvalue weighted by Crippen LogP contribution is 2.38. The fourth-order valence-electron chi connectivity index (χ4n) is 2.38. The molecule has 90 valence electrons. The van der Waals surface area contributed by atoms with Crippen molar-refractivity contribution in [2.45, 2.75) is 51.7 Å². The van der Waals surface area contributed by atoms with Crippen LogP contribution in [0.2, 0.25) is 0 Å². The van der Waals surface area contributed by atoms with Gasteiger partial charge in [0.05, 0.1) is 5.92 Å². The number of fused-ring (bicyclic) bond motifs is 1. The summed E-state index contributed by atoms with van der Waals surface area (Å²) in [5.74, 6) is -0.683. The molecule has 0 spiro atoms. The molecule has 0 aromatic heterocycles. The van der Waals surface area contributed by atoms with Gasteiger partial charge in [-0.05, 0) is 25.7 Å². The first-order chi connectivity index (χ1) is 7.63. The Balaban J connectivity index is 1.98. The van der Waals surface area contributed by atoms with Crippen LogP contribution in [0.4, 0.5) is 0 Å². The summed E-state index contributed by atoms with van der Waals surface area (Å²) in [6.45, 7) is 3.74. The molecule has 1 heterocycles. The predicted molar refractivity (Wildman–Crippen MR) is 56.6 cm³/mol. The molecule has 4 unspecified atom stereocenters. The van der Waals surface area contributed by atoms with Crippen molar-refractivity contribution in [2.75, 3.05) is 0 Å². The number of esters is 2. The van der Waals surface area contributed by atoms with Crippen LogP contribution in [-0.2, 0) is 19.1 Å². The van der Waals surface area contributed by atoms with Crippen LogP contribution >= 0.6 is 0 Å². The van der Waals surface area contributed by atoms with E-state index < -0.39 is 6.10 Å². The van der Waals surface area contributed by atoms with Gasteiger partial charge in [0.2, 0.25) is 6.10 Å². The molecule has 0 aromatic rings. The first-order valence-electron chi connectivity index (χ1n) is 6.04. The third-order valence-corrected chi connectivity index (χ3v) is 3.65. The lowest BCUT2D eigenvalue weighted by Crippen LogP contribution is -2.31. The van der Waals surface area contributed by atoms with E-state index in [1.807, 2.05) is 13.8 Å². The van der Waals surface area contributed by atoms with Crippen LogP contribution < -0.4 is 0 Å². The number of carbonyl (C=O) groups excluding carboxylic acids is 2. The van der Waals surface area contributed by atoms with Gasteiger partial charge >= 0.3 is 11.9 Å². The summed E-state index contributed by atoms with van der Waals surface area (Å²) in [5, 5.41) is 0. The van der Waals surface area contributed by atoms with Crippen LogP contribution in [-0.4, -0.2) is 24.1 Å². The van der Waals surface area contributed by atoms with E-state index in [4.69, 9.17) is 9.47 Å². The van der Waals surface area contributed by atoms with Gasteiger partial charge in [-0.15, -0.1) is 0 Å². The van der Waals surface area contributed by atoms with Crippen molar-refractivity contribution in [3.05, 3.63) is 0 Å². The van der Waals surface area contributed by atoms with Crippen LogP contribution in [0, 0.1) is 11.8 Å². The average molecular weight is 226 g/mol. The van der Waals surface area contributed by atoms with Crippen molar-refractivity contribution in [3.63, 3.8) is 0 Å². The quantitative estimate of drug-likeness (QED) is 0.687. The summed E-state index contributed by atoms with van der Waals surface area (Å²) in [4.78, 5) is 23.2. The highest BCUT2D eigenvalue weighted by atomic mass is 16.6. The zero-order valence-corrected chi connectivity index (χ0v) is 9.77. The minimum Gasteiger partial charge on any atom is -0.459 e. The molecule has 4 atom stereocenters. The van der Waals surface area contributed by atoms with Crippen LogP contribution in [0.1, 0.15) is 39.5 Å². The van der Waals surface area contributed by atoms with Crippen LogP contribution in [0.5, 0.6) is 0 Å². The van der Waals surface area contributed by atoms with Gasteiger partial charge in [-0.1, -0.05) is 13.8 Å². The zero-order valence-electron chi connectivity index (χ0n) is 9.77. The molecule has 0 aromatic carbocycles. The Kier molecular flexibility index (Phi) is 3.17. The van der Waals surface area contributed by atoms with Crippen molar-refractivity contribution < 1.29 is 19.1 Å². The Bertz CT molecular complexity index is 299. The molecule has 4 nitrogen and oxygen atoms in total. The number of rotatable bonds is 3. The van der Waals surface area contributed by atoms with Gasteiger partial charge < -0.3 is 9.47 Å². The number of carbonyl (C=O) groups is 2. The van der Waals surface area contributed by atoms with Gasteiger partial charge in [-0.2, -0.15) is 0 Å². The van der Waals surface area contributed by atoms with Crippen molar-refractivity contribution in [1.82, 2.24) is 0 Å². The smallest absolute Gasteiger partial charge is 0.348 e. The molecule has 1 aliphatic carbocycles. The number of hydrogen-bond donors (Lipinski definition) is 0.